The zero-order valence-corrected chi connectivity index (χ0v) is 16.1. The van der Waals surface area contributed by atoms with Gasteiger partial charge in [0.1, 0.15) is 17.4 Å². The Labute approximate surface area is 163 Å². The van der Waals surface area contributed by atoms with Gasteiger partial charge < -0.3 is 14.6 Å². The number of nitrogens with one attached hydrogen (secondary N) is 1. The number of carbonyl (C=O) groups excluding carboxylic acids is 1. The minimum Gasteiger partial charge on any atom is -0.435 e. The van der Waals surface area contributed by atoms with E-state index in [-0.39, 0.29) is 17.9 Å². The van der Waals surface area contributed by atoms with Gasteiger partial charge in [0.05, 0.1) is 0 Å². The molecule has 0 unspecified atom stereocenters. The summed E-state index contributed by atoms with van der Waals surface area (Å²) >= 11 is 0. The van der Waals surface area contributed by atoms with Gasteiger partial charge in [0, 0.05) is 24.5 Å². The van der Waals surface area contributed by atoms with Crippen LogP contribution < -0.4 is 10.1 Å². The Hall–Kier alpha value is -3.14. The van der Waals surface area contributed by atoms with E-state index in [1.165, 1.54) is 12.1 Å². The quantitative estimate of drug-likeness (QED) is 0.541. The summed E-state index contributed by atoms with van der Waals surface area (Å²) < 4.78 is 30.8. The summed E-state index contributed by atoms with van der Waals surface area (Å²) in [6.45, 7) is 4.22. The smallest absolute Gasteiger partial charge is 0.387 e. The number of carbonyl (C=O) groups is 1. The maximum absolute atomic E-state index is 12.4. The van der Waals surface area contributed by atoms with Gasteiger partial charge in [-0.3, -0.25) is 4.79 Å². The van der Waals surface area contributed by atoms with Crippen molar-refractivity contribution in [2.24, 2.45) is 0 Å². The fourth-order valence-corrected chi connectivity index (χ4v) is 2.91. The van der Waals surface area contributed by atoms with Crippen LogP contribution in [0.3, 0.4) is 0 Å². The standard InChI is InChI=1S/C21H23F2N3O2/c1-4-9-26-14(2)10-17(15(26)3)11-18(12-24)20(27)25-13-16-5-7-19(8-6-16)28-21(22)23/h5-8,10-11,21H,4,9,13H2,1-3H3,(H,25,27)/b18-11+. The molecule has 0 aliphatic carbocycles. The number of benzene rings is 1. The molecule has 1 aromatic heterocycles. The largest absolute Gasteiger partial charge is 0.435 e. The number of alkyl halides is 2. The number of aromatic nitrogens is 1. The molecule has 0 spiro atoms. The Kier molecular flexibility index (Phi) is 7.33. The summed E-state index contributed by atoms with van der Waals surface area (Å²) in [5.41, 5.74) is 3.64. The maximum atomic E-state index is 12.4. The minimum atomic E-state index is -2.88. The lowest BCUT2D eigenvalue weighted by Gasteiger charge is -2.08. The number of aryl methyl sites for hydroxylation is 1. The van der Waals surface area contributed by atoms with Gasteiger partial charge in [-0.1, -0.05) is 19.1 Å². The molecule has 0 aliphatic heterocycles. The van der Waals surface area contributed by atoms with E-state index in [0.717, 1.165) is 29.9 Å². The van der Waals surface area contributed by atoms with Crippen molar-refractivity contribution in [3.8, 4) is 11.8 Å². The van der Waals surface area contributed by atoms with Crippen LogP contribution in [0, 0.1) is 25.2 Å². The molecule has 7 heteroatoms. The number of ether oxygens (including phenoxy) is 1. The molecular formula is C21H23F2N3O2. The van der Waals surface area contributed by atoms with E-state index in [4.69, 9.17) is 0 Å². The first-order valence-electron chi connectivity index (χ1n) is 8.96. The molecule has 0 radical (unpaired) electrons. The van der Waals surface area contributed by atoms with Gasteiger partial charge in [-0.15, -0.1) is 0 Å². The predicted octanol–water partition coefficient (Wildman–Crippen LogP) is 4.34. The molecule has 28 heavy (non-hydrogen) atoms. The second-order valence-corrected chi connectivity index (χ2v) is 6.35. The van der Waals surface area contributed by atoms with Gasteiger partial charge in [0.2, 0.25) is 0 Å². The van der Waals surface area contributed by atoms with E-state index < -0.39 is 12.5 Å². The third-order valence-corrected chi connectivity index (χ3v) is 4.33. The SMILES string of the molecule is CCCn1c(C)cc(/C=C(\C#N)C(=O)NCc2ccc(OC(F)F)cc2)c1C. The zero-order valence-electron chi connectivity index (χ0n) is 16.1. The lowest BCUT2D eigenvalue weighted by Crippen LogP contribution is -2.23. The monoisotopic (exact) mass is 387 g/mol. The average molecular weight is 387 g/mol. The normalized spacial score (nSPS) is 11.4. The molecule has 0 saturated heterocycles. The first-order chi connectivity index (χ1) is 13.3. The van der Waals surface area contributed by atoms with Gasteiger partial charge >= 0.3 is 6.61 Å². The minimum absolute atomic E-state index is 0.00871. The molecule has 5 nitrogen and oxygen atoms in total. The van der Waals surface area contributed by atoms with Crippen LogP contribution in [0.15, 0.2) is 35.9 Å². The van der Waals surface area contributed by atoms with Crippen molar-refractivity contribution in [3.05, 3.63) is 58.4 Å². The molecular weight excluding hydrogens is 364 g/mol. The van der Waals surface area contributed by atoms with Crippen LogP contribution in [0.2, 0.25) is 0 Å². The van der Waals surface area contributed by atoms with Crippen molar-refractivity contribution in [2.75, 3.05) is 0 Å². The number of nitrogens with zero attached hydrogens (tertiary/aromatic N) is 2. The Bertz CT molecular complexity index is 894. The van der Waals surface area contributed by atoms with Gasteiger partial charge in [-0.25, -0.2) is 0 Å². The number of rotatable bonds is 8. The van der Waals surface area contributed by atoms with E-state index in [1.807, 2.05) is 26.0 Å². The van der Waals surface area contributed by atoms with Crippen LogP contribution in [0.4, 0.5) is 8.78 Å². The van der Waals surface area contributed by atoms with Gasteiger partial charge in [-0.2, -0.15) is 14.0 Å². The molecule has 148 valence electrons. The summed E-state index contributed by atoms with van der Waals surface area (Å²) in [5.74, 6) is -0.444. The van der Waals surface area contributed by atoms with Gasteiger partial charge in [0.25, 0.3) is 5.91 Å². The molecule has 0 atom stereocenters. The summed E-state index contributed by atoms with van der Waals surface area (Å²) in [6.07, 6.45) is 2.58. The third-order valence-electron chi connectivity index (χ3n) is 4.33. The van der Waals surface area contributed by atoms with E-state index in [0.29, 0.717) is 5.56 Å². The predicted molar refractivity (Wildman–Crippen MR) is 103 cm³/mol. The molecule has 0 bridgehead atoms. The van der Waals surface area contributed by atoms with Crippen molar-refractivity contribution in [2.45, 2.75) is 46.9 Å². The maximum Gasteiger partial charge on any atom is 0.387 e. The zero-order chi connectivity index (χ0) is 20.7. The van der Waals surface area contributed by atoms with E-state index in [1.54, 1.807) is 18.2 Å². The fraction of sp³-hybridized carbons (Fsp3) is 0.333. The van der Waals surface area contributed by atoms with Crippen molar-refractivity contribution < 1.29 is 18.3 Å². The fourth-order valence-electron chi connectivity index (χ4n) is 2.91. The van der Waals surface area contributed by atoms with E-state index >= 15 is 0 Å². The van der Waals surface area contributed by atoms with Gasteiger partial charge in [0.15, 0.2) is 0 Å². The van der Waals surface area contributed by atoms with Crippen LogP contribution >= 0.6 is 0 Å². The molecule has 1 N–H and O–H groups in total. The summed E-state index contributed by atoms with van der Waals surface area (Å²) in [7, 11) is 0. The molecule has 1 heterocycles. The molecule has 1 amide bonds. The summed E-state index contributed by atoms with van der Waals surface area (Å²) in [4.78, 5) is 12.4. The van der Waals surface area contributed by atoms with Crippen LogP contribution in [-0.4, -0.2) is 17.1 Å². The topological polar surface area (TPSA) is 67.0 Å². The Morgan fingerprint density at radius 2 is 2.00 bits per heavy atom. The number of nitriles is 1. The lowest BCUT2D eigenvalue weighted by atomic mass is 10.1. The van der Waals surface area contributed by atoms with Crippen LogP contribution in [0.1, 0.15) is 35.9 Å². The number of hydrogen-bond acceptors (Lipinski definition) is 3. The Morgan fingerprint density at radius 1 is 1.32 bits per heavy atom. The number of amides is 1. The summed E-state index contributed by atoms with van der Waals surface area (Å²) in [6, 6.07) is 9.85. The molecule has 2 rings (SSSR count). The van der Waals surface area contributed by atoms with Crippen molar-refractivity contribution in [1.82, 2.24) is 9.88 Å². The molecule has 0 fully saturated rings. The van der Waals surface area contributed by atoms with E-state index in [9.17, 15) is 18.8 Å². The second-order valence-electron chi connectivity index (χ2n) is 6.35. The number of hydrogen-bond donors (Lipinski definition) is 1. The van der Waals surface area contributed by atoms with Crippen molar-refractivity contribution >= 4 is 12.0 Å². The molecule has 0 saturated carbocycles. The second kappa shape index (κ2) is 9.70. The van der Waals surface area contributed by atoms with Crippen LogP contribution in [0.5, 0.6) is 5.75 Å². The van der Waals surface area contributed by atoms with Crippen LogP contribution in [0.25, 0.3) is 6.08 Å². The average Bonchev–Trinajstić information content (AvgIpc) is 2.92. The highest BCUT2D eigenvalue weighted by molar-refractivity contribution is 6.01. The molecule has 0 aliphatic rings. The van der Waals surface area contributed by atoms with Gasteiger partial charge in [-0.05, 0) is 55.7 Å². The van der Waals surface area contributed by atoms with E-state index in [2.05, 4.69) is 21.5 Å². The highest BCUT2D eigenvalue weighted by Crippen LogP contribution is 2.19. The first-order valence-corrected chi connectivity index (χ1v) is 8.96. The first kappa shape index (κ1) is 21.2. The molecule has 1 aromatic carbocycles. The third kappa shape index (κ3) is 5.43. The Morgan fingerprint density at radius 3 is 2.57 bits per heavy atom. The molecule has 2 aromatic rings. The highest BCUT2D eigenvalue weighted by Gasteiger charge is 2.13. The number of halogens is 2. The van der Waals surface area contributed by atoms with Crippen molar-refractivity contribution in [1.29, 1.82) is 5.26 Å². The lowest BCUT2D eigenvalue weighted by molar-refractivity contribution is -0.117. The van der Waals surface area contributed by atoms with Crippen LogP contribution in [-0.2, 0) is 17.9 Å². The summed E-state index contributed by atoms with van der Waals surface area (Å²) in [5, 5.41) is 12.0. The Balaban J connectivity index is 2.07. The highest BCUT2D eigenvalue weighted by atomic mass is 19.3. The van der Waals surface area contributed by atoms with Crippen molar-refractivity contribution in [3.63, 3.8) is 0 Å².